The van der Waals surface area contributed by atoms with Crippen LogP contribution in [0.3, 0.4) is 0 Å². The summed E-state index contributed by atoms with van der Waals surface area (Å²) in [5.41, 5.74) is 5.84. The number of aromatic amines is 1. The van der Waals surface area contributed by atoms with Gasteiger partial charge in [-0.25, -0.2) is 9.50 Å². The number of imidazole rings is 1. The average Bonchev–Trinajstić information content (AvgIpc) is 2.89. The van der Waals surface area contributed by atoms with Crippen LogP contribution in [0.25, 0.3) is 5.65 Å². The van der Waals surface area contributed by atoms with Crippen LogP contribution in [0.1, 0.15) is 32.1 Å². The van der Waals surface area contributed by atoms with E-state index in [9.17, 15) is 9.90 Å². The van der Waals surface area contributed by atoms with Gasteiger partial charge in [-0.3, -0.25) is 9.78 Å². The van der Waals surface area contributed by atoms with Crippen LogP contribution in [-0.2, 0) is 4.74 Å². The summed E-state index contributed by atoms with van der Waals surface area (Å²) in [6, 6.07) is 0. The van der Waals surface area contributed by atoms with Gasteiger partial charge in [0.15, 0.2) is 0 Å². The maximum atomic E-state index is 11.8. The van der Waals surface area contributed by atoms with Crippen molar-refractivity contribution in [2.75, 3.05) is 12.3 Å². The molecular weight excluding hydrogens is 262 g/mol. The van der Waals surface area contributed by atoms with Crippen molar-refractivity contribution in [3.8, 4) is 0 Å². The molecule has 20 heavy (non-hydrogen) atoms. The molecule has 0 radical (unpaired) electrons. The number of H-pyrrole nitrogens is 1. The third kappa shape index (κ3) is 1.88. The summed E-state index contributed by atoms with van der Waals surface area (Å²) in [6.45, 7) is 4.05. The summed E-state index contributed by atoms with van der Waals surface area (Å²) in [5, 5.41) is 13.4. The molecule has 4 N–H and O–H groups in total. The first-order chi connectivity index (χ1) is 9.42. The molecule has 0 bridgehead atoms. The first-order valence-corrected chi connectivity index (χ1v) is 6.42. The summed E-state index contributed by atoms with van der Waals surface area (Å²) >= 11 is 0. The van der Waals surface area contributed by atoms with Crippen molar-refractivity contribution < 1.29 is 9.84 Å². The quantitative estimate of drug-likeness (QED) is 0.703. The van der Waals surface area contributed by atoms with Crippen LogP contribution in [0.5, 0.6) is 0 Å². The first kappa shape index (κ1) is 13.1. The Morgan fingerprint density at radius 2 is 2.40 bits per heavy atom. The SMILES string of the molecule is CC1(C)C[C@@H](CO)O[C@H]1c1cnc2c(=O)[nH]c(N)nn12. The summed E-state index contributed by atoms with van der Waals surface area (Å²) in [6.07, 6.45) is 1.77. The second kappa shape index (κ2) is 4.29. The monoisotopic (exact) mass is 279 g/mol. The summed E-state index contributed by atoms with van der Waals surface area (Å²) in [4.78, 5) is 18.3. The molecule has 1 aliphatic rings. The van der Waals surface area contributed by atoms with E-state index in [1.165, 1.54) is 4.52 Å². The molecule has 0 amide bonds. The summed E-state index contributed by atoms with van der Waals surface area (Å²) < 4.78 is 7.27. The molecule has 1 aliphatic heterocycles. The summed E-state index contributed by atoms with van der Waals surface area (Å²) in [7, 11) is 0. The van der Waals surface area contributed by atoms with E-state index in [1.807, 2.05) is 13.8 Å². The van der Waals surface area contributed by atoms with E-state index in [0.717, 1.165) is 6.42 Å². The molecule has 8 nitrogen and oxygen atoms in total. The lowest BCUT2D eigenvalue weighted by atomic mass is 9.83. The van der Waals surface area contributed by atoms with Gasteiger partial charge < -0.3 is 15.6 Å². The van der Waals surface area contributed by atoms with Crippen molar-refractivity contribution in [1.82, 2.24) is 19.6 Å². The topological polar surface area (TPSA) is 119 Å². The zero-order chi connectivity index (χ0) is 14.5. The standard InChI is InChI=1S/C12H17N5O3/c1-12(2)3-6(5-18)20-8(12)7-4-14-9-10(19)15-11(13)16-17(7)9/h4,6,8,18H,3,5H2,1-2H3,(H3,13,15,16,19)/t6-,8-/m0/s1. The number of nitrogen functional groups attached to an aromatic ring is 1. The van der Waals surface area contributed by atoms with Gasteiger partial charge >= 0.3 is 0 Å². The largest absolute Gasteiger partial charge is 0.394 e. The minimum Gasteiger partial charge on any atom is -0.394 e. The molecule has 0 aliphatic carbocycles. The highest BCUT2D eigenvalue weighted by Gasteiger charge is 2.44. The zero-order valence-corrected chi connectivity index (χ0v) is 11.3. The molecule has 1 fully saturated rings. The van der Waals surface area contributed by atoms with Crippen molar-refractivity contribution in [3.63, 3.8) is 0 Å². The Morgan fingerprint density at radius 3 is 3.05 bits per heavy atom. The number of nitrogens with one attached hydrogen (secondary N) is 1. The van der Waals surface area contributed by atoms with Crippen molar-refractivity contribution in [2.45, 2.75) is 32.5 Å². The van der Waals surface area contributed by atoms with E-state index < -0.39 is 5.56 Å². The molecule has 3 heterocycles. The molecule has 2 atom stereocenters. The Hall–Kier alpha value is -1.93. The van der Waals surface area contributed by atoms with E-state index >= 15 is 0 Å². The molecule has 0 saturated carbocycles. The molecule has 0 aromatic carbocycles. The van der Waals surface area contributed by atoms with Crippen molar-refractivity contribution in [3.05, 3.63) is 22.2 Å². The van der Waals surface area contributed by atoms with Crippen LogP contribution in [0, 0.1) is 5.41 Å². The zero-order valence-electron chi connectivity index (χ0n) is 11.3. The minimum absolute atomic E-state index is 0.0243. The van der Waals surface area contributed by atoms with Crippen LogP contribution in [0.15, 0.2) is 11.0 Å². The second-order valence-electron chi connectivity index (χ2n) is 5.77. The Kier molecular flexibility index (Phi) is 2.80. The molecule has 0 unspecified atom stereocenters. The van der Waals surface area contributed by atoms with E-state index in [1.54, 1.807) is 6.20 Å². The van der Waals surface area contributed by atoms with E-state index in [2.05, 4.69) is 15.1 Å². The molecule has 2 aromatic rings. The molecule has 1 saturated heterocycles. The van der Waals surface area contributed by atoms with Gasteiger partial charge in [-0.05, 0) is 11.8 Å². The normalized spacial score (nSPS) is 25.4. The van der Waals surface area contributed by atoms with Crippen molar-refractivity contribution in [2.24, 2.45) is 5.41 Å². The number of hydrogen-bond donors (Lipinski definition) is 3. The van der Waals surface area contributed by atoms with Crippen LogP contribution < -0.4 is 11.3 Å². The van der Waals surface area contributed by atoms with E-state index in [4.69, 9.17) is 10.5 Å². The fourth-order valence-corrected chi connectivity index (χ4v) is 2.80. The van der Waals surface area contributed by atoms with Crippen molar-refractivity contribution in [1.29, 1.82) is 0 Å². The Bertz CT molecular complexity index is 705. The Labute approximate surface area is 114 Å². The van der Waals surface area contributed by atoms with Crippen LogP contribution in [0.2, 0.25) is 0 Å². The van der Waals surface area contributed by atoms with Crippen LogP contribution >= 0.6 is 0 Å². The molecule has 0 spiro atoms. The van der Waals surface area contributed by atoms with E-state index in [0.29, 0.717) is 5.69 Å². The van der Waals surface area contributed by atoms with Gasteiger partial charge in [0.2, 0.25) is 11.6 Å². The number of aromatic nitrogens is 4. The number of rotatable bonds is 2. The van der Waals surface area contributed by atoms with E-state index in [-0.39, 0.29) is 35.8 Å². The fourth-order valence-electron chi connectivity index (χ4n) is 2.80. The third-order valence-corrected chi connectivity index (χ3v) is 3.68. The fraction of sp³-hybridized carbons (Fsp3) is 0.583. The molecule has 108 valence electrons. The average molecular weight is 279 g/mol. The number of fused-ring (bicyclic) bond motifs is 1. The highest BCUT2D eigenvalue weighted by Crippen LogP contribution is 2.47. The number of nitrogens with two attached hydrogens (primary N) is 1. The van der Waals surface area contributed by atoms with Crippen molar-refractivity contribution >= 4 is 11.6 Å². The predicted octanol–water partition coefficient (Wildman–Crippen LogP) is -0.152. The van der Waals surface area contributed by atoms with Gasteiger partial charge in [0.25, 0.3) is 5.56 Å². The number of hydrogen-bond acceptors (Lipinski definition) is 6. The lowest BCUT2D eigenvalue weighted by molar-refractivity contribution is -0.00870. The van der Waals surface area contributed by atoms with Gasteiger partial charge in [0.05, 0.1) is 24.6 Å². The van der Waals surface area contributed by atoms with Gasteiger partial charge in [-0.15, -0.1) is 5.10 Å². The molecule has 8 heteroatoms. The second-order valence-corrected chi connectivity index (χ2v) is 5.77. The van der Waals surface area contributed by atoms with Gasteiger partial charge in [-0.1, -0.05) is 13.8 Å². The predicted molar refractivity (Wildman–Crippen MR) is 71.1 cm³/mol. The van der Waals surface area contributed by atoms with Gasteiger partial charge in [-0.2, -0.15) is 0 Å². The Morgan fingerprint density at radius 1 is 1.65 bits per heavy atom. The minimum atomic E-state index is -0.390. The highest BCUT2D eigenvalue weighted by atomic mass is 16.5. The number of ether oxygens (including phenoxy) is 1. The number of aliphatic hydroxyl groups excluding tert-OH is 1. The molecule has 3 rings (SSSR count). The van der Waals surface area contributed by atoms with Gasteiger partial charge in [0.1, 0.15) is 6.10 Å². The lowest BCUT2D eigenvalue weighted by Crippen LogP contribution is -2.21. The number of anilines is 1. The Balaban J connectivity index is 2.13. The first-order valence-electron chi connectivity index (χ1n) is 6.42. The molecule has 2 aromatic heterocycles. The maximum Gasteiger partial charge on any atom is 0.295 e. The lowest BCUT2D eigenvalue weighted by Gasteiger charge is -2.24. The van der Waals surface area contributed by atoms with Crippen LogP contribution in [0.4, 0.5) is 5.95 Å². The van der Waals surface area contributed by atoms with Crippen LogP contribution in [-0.4, -0.2) is 37.4 Å². The third-order valence-electron chi connectivity index (χ3n) is 3.68. The smallest absolute Gasteiger partial charge is 0.295 e. The number of nitrogens with zero attached hydrogens (tertiary/aromatic N) is 3. The maximum absolute atomic E-state index is 11.8. The highest BCUT2D eigenvalue weighted by molar-refractivity contribution is 5.38. The van der Waals surface area contributed by atoms with Gasteiger partial charge in [0, 0.05) is 0 Å². The number of aliphatic hydroxyl groups is 1. The summed E-state index contributed by atoms with van der Waals surface area (Å²) in [5.74, 6) is 0.0243. The molecular formula is C12H17N5O3.